The second-order valence-corrected chi connectivity index (χ2v) is 19.3. The summed E-state index contributed by atoms with van der Waals surface area (Å²) in [7, 11) is 0. The minimum Gasteiger partial charge on any atom is -0.507 e. The van der Waals surface area contributed by atoms with Crippen LogP contribution in [0.5, 0.6) is 11.5 Å². The molecule has 2 aliphatic rings. The molecule has 0 radical (unpaired) electrons. The second kappa shape index (κ2) is 26.6. The molecule has 1 saturated heterocycles. The highest BCUT2D eigenvalue weighted by atomic mass is 32.1. The van der Waals surface area contributed by atoms with Crippen molar-refractivity contribution in [2.75, 3.05) is 85.0 Å². The number of thiazole rings is 1. The molecule has 0 aliphatic carbocycles. The Balaban J connectivity index is 0.692. The van der Waals surface area contributed by atoms with Gasteiger partial charge < -0.3 is 59.5 Å². The molecule has 21 heteroatoms. The zero-order chi connectivity index (χ0) is 52.7. The maximum atomic E-state index is 14.2. The number of para-hydroxylation sites is 1. The van der Waals surface area contributed by atoms with Gasteiger partial charge in [0.05, 0.1) is 107 Å². The van der Waals surface area contributed by atoms with Gasteiger partial charge in [0.15, 0.2) is 5.82 Å². The number of aliphatic hydroxyl groups excluding tert-OH is 1. The maximum absolute atomic E-state index is 14.2. The first kappa shape index (κ1) is 54.4. The van der Waals surface area contributed by atoms with E-state index < -0.39 is 24.1 Å². The number of nitrogens with one attached hydrogen (secondary N) is 1. The molecule has 0 saturated carbocycles. The van der Waals surface area contributed by atoms with Crippen LogP contribution < -0.4 is 15.8 Å². The first-order valence-electron chi connectivity index (χ1n) is 25.1. The molecule has 398 valence electrons. The normalized spacial score (nSPS) is 15.7. The van der Waals surface area contributed by atoms with E-state index in [1.54, 1.807) is 57.7 Å². The van der Waals surface area contributed by atoms with E-state index in [-0.39, 0.29) is 55.4 Å². The van der Waals surface area contributed by atoms with E-state index in [1.165, 1.54) is 16.2 Å². The molecular weight excluding hydrogens is 983 g/mol. The van der Waals surface area contributed by atoms with Crippen molar-refractivity contribution in [3.05, 3.63) is 113 Å². The van der Waals surface area contributed by atoms with Crippen LogP contribution in [0.25, 0.3) is 32.8 Å². The number of fused-ring (bicyclic) bond motifs is 1. The van der Waals surface area contributed by atoms with Crippen LogP contribution in [0.15, 0.2) is 90.7 Å². The van der Waals surface area contributed by atoms with Crippen LogP contribution in [-0.4, -0.2) is 160 Å². The smallest absolute Gasteiger partial charge is 0.255 e. The summed E-state index contributed by atoms with van der Waals surface area (Å²) in [5.41, 5.74) is 14.4. The van der Waals surface area contributed by atoms with Crippen molar-refractivity contribution in [2.24, 2.45) is 5.92 Å². The van der Waals surface area contributed by atoms with Crippen molar-refractivity contribution < 1.29 is 53.0 Å². The number of likely N-dealkylation sites (tertiary alicyclic amines) is 1. The average molecular weight is 1050 g/mol. The first-order chi connectivity index (χ1) is 36.5. The van der Waals surface area contributed by atoms with E-state index in [1.807, 2.05) is 63.4 Å². The van der Waals surface area contributed by atoms with Crippen LogP contribution in [-0.2, 0) is 52.9 Å². The third-order valence-corrected chi connectivity index (χ3v) is 13.8. The van der Waals surface area contributed by atoms with Gasteiger partial charge >= 0.3 is 0 Å². The van der Waals surface area contributed by atoms with Crippen LogP contribution in [0, 0.1) is 12.8 Å². The molecule has 0 unspecified atom stereocenters. The van der Waals surface area contributed by atoms with Gasteiger partial charge in [0.2, 0.25) is 11.8 Å². The minimum atomic E-state index is -0.915. The highest BCUT2D eigenvalue weighted by Crippen LogP contribution is 2.35. The summed E-state index contributed by atoms with van der Waals surface area (Å²) in [5.74, 6) is -0.274. The van der Waals surface area contributed by atoms with Crippen molar-refractivity contribution in [3.63, 3.8) is 0 Å². The number of anilines is 1. The molecule has 0 spiro atoms. The fourth-order valence-corrected chi connectivity index (χ4v) is 9.84. The number of aliphatic hydroxyl groups is 1. The molecule has 3 amide bonds. The number of nitrogens with zero attached hydrogens (tertiary/aromatic N) is 7. The summed E-state index contributed by atoms with van der Waals surface area (Å²) < 4.78 is 36.4. The van der Waals surface area contributed by atoms with Crippen molar-refractivity contribution >= 4 is 34.9 Å². The summed E-state index contributed by atoms with van der Waals surface area (Å²) in [6, 6.07) is 20.1. The molecule has 75 heavy (non-hydrogen) atoms. The number of aromatic hydroxyl groups is 1. The number of amides is 3. The number of β-amino-alcohol motifs (C(OH)–C–C–N with tert-alkyl or cyclic N) is 1. The third-order valence-electron chi connectivity index (χ3n) is 12.8. The number of rotatable bonds is 28. The number of aromatic nitrogens is 5. The van der Waals surface area contributed by atoms with E-state index in [4.69, 9.17) is 34.2 Å². The van der Waals surface area contributed by atoms with Gasteiger partial charge in [-0.3, -0.25) is 19.1 Å². The summed E-state index contributed by atoms with van der Waals surface area (Å²) in [4.78, 5) is 50.0. The fourth-order valence-electron chi connectivity index (χ4n) is 9.04. The Hall–Kier alpha value is -6.85. The maximum Gasteiger partial charge on any atom is 0.255 e. The summed E-state index contributed by atoms with van der Waals surface area (Å²) in [5, 5.41) is 36.6. The van der Waals surface area contributed by atoms with Crippen molar-refractivity contribution in [1.82, 2.24) is 40.1 Å². The van der Waals surface area contributed by atoms with Crippen LogP contribution in [0.3, 0.4) is 0 Å². The predicted molar refractivity (Wildman–Crippen MR) is 280 cm³/mol. The summed E-state index contributed by atoms with van der Waals surface area (Å²) in [6.45, 7) is 10.8. The van der Waals surface area contributed by atoms with Gasteiger partial charge in [-0.15, -0.1) is 21.5 Å². The number of hydrogen-bond acceptors (Lipinski definition) is 17. The molecule has 3 atom stereocenters. The lowest BCUT2D eigenvalue weighted by Gasteiger charge is -2.35. The Bertz CT molecular complexity index is 2860. The largest absolute Gasteiger partial charge is 0.507 e. The van der Waals surface area contributed by atoms with E-state index in [2.05, 4.69) is 25.6 Å². The van der Waals surface area contributed by atoms with Gasteiger partial charge in [-0.05, 0) is 54.3 Å². The monoisotopic (exact) mass is 1050 g/mol. The predicted octanol–water partition coefficient (Wildman–Crippen LogP) is 5.15. The zero-order valence-electron chi connectivity index (χ0n) is 42.5. The molecule has 6 aromatic rings. The molecule has 3 aromatic heterocycles. The number of nitrogens with two attached hydrogens (primary N) is 1. The first-order valence-corrected chi connectivity index (χ1v) is 26.0. The Kier molecular flexibility index (Phi) is 19.3. The Labute approximate surface area is 439 Å². The number of benzene rings is 3. The lowest BCUT2D eigenvalue weighted by atomic mass is 10.0. The summed E-state index contributed by atoms with van der Waals surface area (Å²) in [6.07, 6.45) is 2.76. The standard InChI is InChI=1S/C54H65N9O11S/c1-35(2)49(63-32-39-8-4-5-9-42(39)53(63)67)54(68)62-33-41(64)27-46(62)52(66)56-29-38-13-12-37(50-36(3)57-34-75-50)26-48(38)74-25-24-73-23-22-72-21-20-71-19-18-70-17-16-69-15-14-61-31-40(30-58-61)44-28-45(59-60-51(44)55)43-10-6-7-11-47(43)65/h4-13,26,28,30-31,34-35,41,46,49,64-65H,14-25,27,29,32-33H2,1-3H3,(H2,55,60)(H,56,66)/t41-,46+,49+/m1/s1. The minimum absolute atomic E-state index is 0.00492. The molecule has 1 fully saturated rings. The van der Waals surface area contributed by atoms with E-state index in [9.17, 15) is 24.6 Å². The van der Waals surface area contributed by atoms with Gasteiger partial charge in [-0.1, -0.05) is 56.3 Å². The van der Waals surface area contributed by atoms with E-state index >= 15 is 0 Å². The number of nitrogen functional groups attached to an aromatic ring is 1. The average Bonchev–Trinajstić information content (AvgIpc) is 4.23. The molecule has 5 N–H and O–H groups in total. The van der Waals surface area contributed by atoms with Crippen molar-refractivity contribution in [1.29, 1.82) is 0 Å². The van der Waals surface area contributed by atoms with Gasteiger partial charge in [0.1, 0.15) is 30.2 Å². The number of phenols is 1. The van der Waals surface area contributed by atoms with Crippen LogP contribution in [0.2, 0.25) is 0 Å². The number of ether oxygens (including phenoxy) is 6. The number of carbonyl (C=O) groups excluding carboxylic acids is 3. The SMILES string of the molecule is Cc1ncsc1-c1ccc(CNC(=O)[C@@H]2C[C@@H](O)CN2C(=O)[C@H](C(C)C)N2Cc3ccccc3C2=O)c(OCCOCCOCCOCCOCCOCCn2cc(-c3cc(-c4ccccc4O)nnc3N)cn2)c1. The van der Waals surface area contributed by atoms with E-state index in [0.717, 1.165) is 32.8 Å². The zero-order valence-corrected chi connectivity index (χ0v) is 43.3. The quantitative estimate of drug-likeness (QED) is 0.0464. The number of hydrogen-bond donors (Lipinski definition) is 4. The van der Waals surface area contributed by atoms with Crippen LogP contribution in [0.4, 0.5) is 5.82 Å². The van der Waals surface area contributed by atoms with Crippen LogP contribution >= 0.6 is 11.3 Å². The topological polar surface area (TPSA) is 248 Å². The molecular formula is C54H65N9O11S. The highest BCUT2D eigenvalue weighted by molar-refractivity contribution is 7.13. The Morgan fingerprint density at radius 3 is 2.16 bits per heavy atom. The van der Waals surface area contributed by atoms with Crippen LogP contribution in [0.1, 0.15) is 47.4 Å². The molecule has 2 aliphatic heterocycles. The number of phenolic OH excluding ortho intramolecular Hbond substituents is 1. The van der Waals surface area contributed by atoms with Crippen molar-refractivity contribution in [3.8, 4) is 44.3 Å². The molecule has 20 nitrogen and oxygen atoms in total. The molecule has 8 rings (SSSR count). The number of aryl methyl sites for hydroxylation is 1. The molecule has 3 aromatic carbocycles. The second-order valence-electron chi connectivity index (χ2n) is 18.4. The summed E-state index contributed by atoms with van der Waals surface area (Å²) >= 11 is 1.52. The van der Waals surface area contributed by atoms with Crippen molar-refractivity contribution in [2.45, 2.75) is 65.0 Å². The Morgan fingerprint density at radius 2 is 1.49 bits per heavy atom. The number of carbonyl (C=O) groups is 3. The van der Waals surface area contributed by atoms with E-state index in [0.29, 0.717) is 107 Å². The van der Waals surface area contributed by atoms with Gasteiger partial charge in [0, 0.05) is 60.1 Å². The van der Waals surface area contributed by atoms with Gasteiger partial charge in [-0.2, -0.15) is 5.10 Å². The highest BCUT2D eigenvalue weighted by Gasteiger charge is 2.46. The molecule has 0 bridgehead atoms. The van der Waals surface area contributed by atoms with Gasteiger partial charge in [-0.25, -0.2) is 4.98 Å². The molecule has 5 heterocycles. The van der Waals surface area contributed by atoms with Gasteiger partial charge in [0.25, 0.3) is 5.91 Å². The Morgan fingerprint density at radius 1 is 0.827 bits per heavy atom. The lowest BCUT2D eigenvalue weighted by Crippen LogP contribution is -2.55. The third kappa shape index (κ3) is 14.1. The lowest BCUT2D eigenvalue weighted by molar-refractivity contribution is -0.143. The fraction of sp³-hybridized carbons (Fsp3) is 0.426.